The van der Waals surface area contributed by atoms with Crippen molar-refractivity contribution in [3.05, 3.63) is 84.8 Å². The predicted molar refractivity (Wildman–Crippen MR) is 147 cm³/mol. The fraction of sp³-hybridized carbons (Fsp3) is 0.241. The molecule has 2 aromatic heterocycles. The van der Waals surface area contributed by atoms with Crippen LogP contribution in [0.15, 0.2) is 79.3 Å². The van der Waals surface area contributed by atoms with Crippen molar-refractivity contribution in [2.45, 2.75) is 6.36 Å². The normalized spacial score (nSPS) is 13.9. The Bertz CT molecular complexity index is 1460. The molecule has 2 aromatic carbocycles. The van der Waals surface area contributed by atoms with Crippen molar-refractivity contribution in [1.29, 1.82) is 0 Å². The lowest BCUT2D eigenvalue weighted by molar-refractivity contribution is -0.274. The molecule has 1 aliphatic heterocycles. The molecule has 0 atom stereocenters. The number of rotatable bonds is 9. The lowest BCUT2D eigenvalue weighted by Gasteiger charge is -2.26. The summed E-state index contributed by atoms with van der Waals surface area (Å²) in [6.07, 6.45) is -1.68. The molecule has 3 heterocycles. The van der Waals surface area contributed by atoms with Gasteiger partial charge in [-0.2, -0.15) is 0 Å². The zero-order valence-corrected chi connectivity index (χ0v) is 21.9. The van der Waals surface area contributed by atoms with E-state index in [4.69, 9.17) is 4.74 Å². The summed E-state index contributed by atoms with van der Waals surface area (Å²) in [5.74, 6) is 0.0186. The van der Waals surface area contributed by atoms with Crippen LogP contribution in [0, 0.1) is 0 Å². The molecule has 0 unspecified atom stereocenters. The number of ether oxygens (including phenoxy) is 2. The summed E-state index contributed by atoms with van der Waals surface area (Å²) in [4.78, 5) is 27.8. The molecule has 0 spiro atoms. The predicted octanol–water partition coefficient (Wildman–Crippen LogP) is 4.91. The van der Waals surface area contributed by atoms with Gasteiger partial charge in [-0.25, -0.2) is 9.97 Å². The fourth-order valence-corrected chi connectivity index (χ4v) is 4.27. The molecule has 12 heteroatoms. The van der Waals surface area contributed by atoms with E-state index in [-0.39, 0.29) is 11.7 Å². The average Bonchev–Trinajstić information content (AvgIpc) is 2.98. The average molecular weight is 565 g/mol. The third-order valence-electron chi connectivity index (χ3n) is 6.34. The Labute approximate surface area is 234 Å². The first-order valence-corrected chi connectivity index (χ1v) is 12.9. The molecular weight excluding hydrogens is 537 g/mol. The van der Waals surface area contributed by atoms with Gasteiger partial charge in [0.05, 0.1) is 24.6 Å². The Balaban J connectivity index is 1.21. The van der Waals surface area contributed by atoms with Gasteiger partial charge in [-0.15, -0.1) is 13.2 Å². The molecule has 0 bridgehead atoms. The number of nitrogens with one attached hydrogen (secondary N) is 2. The van der Waals surface area contributed by atoms with Gasteiger partial charge in [0.1, 0.15) is 17.9 Å². The molecule has 212 valence electrons. The SMILES string of the molecule is O=C(NCCN1CCOCC1)c1ccc(-c2cc(-c3cc(Nc4ccc(OC(F)(F)F)cc4)ncn3)ccn2)cc1. The summed E-state index contributed by atoms with van der Waals surface area (Å²) >= 11 is 0. The second-order valence-electron chi connectivity index (χ2n) is 9.20. The number of pyridine rings is 1. The van der Waals surface area contributed by atoms with Gasteiger partial charge < -0.3 is 20.1 Å². The van der Waals surface area contributed by atoms with E-state index in [1.807, 2.05) is 24.3 Å². The maximum atomic E-state index is 12.6. The second kappa shape index (κ2) is 12.7. The van der Waals surface area contributed by atoms with Crippen LogP contribution in [0.5, 0.6) is 5.75 Å². The molecule has 9 nitrogen and oxygen atoms in total. The van der Waals surface area contributed by atoms with Crippen molar-refractivity contribution in [3.63, 3.8) is 0 Å². The third-order valence-corrected chi connectivity index (χ3v) is 6.34. The van der Waals surface area contributed by atoms with E-state index >= 15 is 0 Å². The van der Waals surface area contributed by atoms with Crippen LogP contribution in [0.3, 0.4) is 0 Å². The van der Waals surface area contributed by atoms with E-state index in [9.17, 15) is 18.0 Å². The van der Waals surface area contributed by atoms with Gasteiger partial charge in [-0.3, -0.25) is 14.7 Å². The highest BCUT2D eigenvalue weighted by Gasteiger charge is 2.31. The molecular formula is C29H27F3N6O3. The number of anilines is 2. The zero-order valence-electron chi connectivity index (χ0n) is 21.9. The van der Waals surface area contributed by atoms with Gasteiger partial charge in [0.15, 0.2) is 0 Å². The molecule has 5 rings (SSSR count). The largest absolute Gasteiger partial charge is 0.573 e. The van der Waals surface area contributed by atoms with Gasteiger partial charge in [-0.1, -0.05) is 12.1 Å². The summed E-state index contributed by atoms with van der Waals surface area (Å²) in [5, 5.41) is 6.01. The quantitative estimate of drug-likeness (QED) is 0.296. The number of alkyl halides is 3. The smallest absolute Gasteiger partial charge is 0.406 e. The molecule has 0 aliphatic carbocycles. The van der Waals surface area contributed by atoms with Crippen molar-refractivity contribution in [2.75, 3.05) is 44.7 Å². The molecule has 2 N–H and O–H groups in total. The molecule has 4 aromatic rings. The Morgan fingerprint density at radius 1 is 0.902 bits per heavy atom. The standard InChI is InChI=1S/C29H27F3N6O3/c30-29(31,32)41-24-7-5-23(6-8-24)37-27-18-26(35-19-36-27)22-9-10-33-25(17-22)20-1-3-21(4-2-20)28(39)34-11-12-38-13-15-40-16-14-38/h1-10,17-19H,11-16H2,(H,34,39)(H,35,36,37). The number of hydrogen-bond acceptors (Lipinski definition) is 8. The van der Waals surface area contributed by atoms with Crippen molar-refractivity contribution in [1.82, 2.24) is 25.2 Å². The number of amides is 1. The van der Waals surface area contributed by atoms with Crippen molar-refractivity contribution < 1.29 is 27.4 Å². The minimum Gasteiger partial charge on any atom is -0.406 e. The number of benzene rings is 2. The fourth-order valence-electron chi connectivity index (χ4n) is 4.27. The van der Waals surface area contributed by atoms with Crippen LogP contribution in [0.25, 0.3) is 22.5 Å². The molecule has 0 radical (unpaired) electrons. The Kier molecular flexibility index (Phi) is 8.70. The first kappa shape index (κ1) is 28.0. The van der Waals surface area contributed by atoms with Gasteiger partial charge in [0.2, 0.25) is 0 Å². The van der Waals surface area contributed by atoms with Crippen molar-refractivity contribution in [3.8, 4) is 28.3 Å². The number of hydrogen-bond donors (Lipinski definition) is 2. The number of nitrogens with zero attached hydrogens (tertiary/aromatic N) is 4. The minimum absolute atomic E-state index is 0.130. The van der Waals surface area contributed by atoms with E-state index in [2.05, 4.69) is 35.2 Å². The number of carbonyl (C=O) groups excluding carboxylic acids is 1. The number of carbonyl (C=O) groups is 1. The van der Waals surface area contributed by atoms with Crippen LogP contribution >= 0.6 is 0 Å². The van der Waals surface area contributed by atoms with Crippen LogP contribution in [0.4, 0.5) is 24.7 Å². The topological polar surface area (TPSA) is 102 Å². The number of halogens is 3. The second-order valence-corrected chi connectivity index (χ2v) is 9.20. The monoisotopic (exact) mass is 564 g/mol. The van der Waals surface area contributed by atoms with Crippen LogP contribution < -0.4 is 15.4 Å². The van der Waals surface area contributed by atoms with Crippen molar-refractivity contribution >= 4 is 17.4 Å². The minimum atomic E-state index is -4.75. The van der Waals surface area contributed by atoms with Crippen LogP contribution in [-0.2, 0) is 4.74 Å². The van der Waals surface area contributed by atoms with E-state index in [1.54, 1.807) is 24.4 Å². The van der Waals surface area contributed by atoms with Gasteiger partial charge in [0, 0.05) is 60.8 Å². The molecule has 1 saturated heterocycles. The Morgan fingerprint density at radius 3 is 2.37 bits per heavy atom. The summed E-state index contributed by atoms with van der Waals surface area (Å²) in [7, 11) is 0. The Morgan fingerprint density at radius 2 is 1.63 bits per heavy atom. The summed E-state index contributed by atoms with van der Waals surface area (Å²) in [6.45, 7) is 4.55. The number of morpholine rings is 1. The van der Waals surface area contributed by atoms with Crippen LogP contribution in [-0.4, -0.2) is 71.5 Å². The Hall–Kier alpha value is -4.55. The van der Waals surface area contributed by atoms with Gasteiger partial charge in [-0.05, 0) is 48.5 Å². The highest BCUT2D eigenvalue weighted by molar-refractivity contribution is 5.94. The number of aromatic nitrogens is 3. The first-order chi connectivity index (χ1) is 19.8. The van der Waals surface area contributed by atoms with E-state index in [0.717, 1.165) is 44.0 Å². The maximum absolute atomic E-state index is 12.6. The van der Waals surface area contributed by atoms with Gasteiger partial charge >= 0.3 is 6.36 Å². The maximum Gasteiger partial charge on any atom is 0.573 e. The van der Waals surface area contributed by atoms with Crippen molar-refractivity contribution in [2.24, 2.45) is 0 Å². The summed E-state index contributed by atoms with van der Waals surface area (Å²) in [6, 6.07) is 18.0. The third kappa shape index (κ3) is 7.99. The summed E-state index contributed by atoms with van der Waals surface area (Å²) < 4.78 is 46.4. The molecule has 0 saturated carbocycles. The summed E-state index contributed by atoms with van der Waals surface area (Å²) in [5.41, 5.74) is 4.06. The zero-order chi connectivity index (χ0) is 28.7. The van der Waals surface area contributed by atoms with Crippen LogP contribution in [0.1, 0.15) is 10.4 Å². The first-order valence-electron chi connectivity index (χ1n) is 12.9. The lowest BCUT2D eigenvalue weighted by Crippen LogP contribution is -2.41. The molecule has 1 aliphatic rings. The van der Waals surface area contributed by atoms with E-state index in [1.165, 1.54) is 30.6 Å². The van der Waals surface area contributed by atoms with E-state index in [0.29, 0.717) is 35.0 Å². The molecule has 1 amide bonds. The van der Waals surface area contributed by atoms with E-state index < -0.39 is 6.36 Å². The van der Waals surface area contributed by atoms with Crippen LogP contribution in [0.2, 0.25) is 0 Å². The van der Waals surface area contributed by atoms with Gasteiger partial charge in [0.25, 0.3) is 5.91 Å². The highest BCUT2D eigenvalue weighted by atomic mass is 19.4. The highest BCUT2D eigenvalue weighted by Crippen LogP contribution is 2.27. The molecule has 1 fully saturated rings. The molecule has 41 heavy (non-hydrogen) atoms. The lowest BCUT2D eigenvalue weighted by atomic mass is 10.1.